The quantitative estimate of drug-likeness (QED) is 0.615. The minimum absolute atomic E-state index is 0.112. The molecule has 3 N–H and O–H groups in total. The molecular formula is C21H22N3O3+. The molecule has 0 radical (unpaired) electrons. The van der Waals surface area contributed by atoms with Crippen molar-refractivity contribution in [2.24, 2.45) is 0 Å². The second kappa shape index (κ2) is 7.25. The number of hydrogen-bond donors (Lipinski definition) is 3. The number of para-hydroxylation sites is 1. The molecule has 1 unspecified atom stereocenters. The van der Waals surface area contributed by atoms with Gasteiger partial charge >= 0.3 is 5.97 Å². The van der Waals surface area contributed by atoms with E-state index in [1.165, 1.54) is 23.1 Å². The molecule has 2 heterocycles. The van der Waals surface area contributed by atoms with Gasteiger partial charge in [0.2, 0.25) is 0 Å². The fourth-order valence-corrected chi connectivity index (χ4v) is 3.73. The maximum atomic E-state index is 12.7. The smallest absolute Gasteiger partial charge is 0.356 e. The van der Waals surface area contributed by atoms with Crippen molar-refractivity contribution in [3.8, 4) is 0 Å². The number of esters is 1. The lowest BCUT2D eigenvalue weighted by atomic mass is 10.00. The third kappa shape index (κ3) is 3.44. The maximum Gasteiger partial charge on any atom is 0.356 e. The summed E-state index contributed by atoms with van der Waals surface area (Å²) < 4.78 is 4.85. The number of fused-ring (bicyclic) bond motifs is 2. The van der Waals surface area contributed by atoms with Crippen LogP contribution in [0.15, 0.2) is 48.5 Å². The van der Waals surface area contributed by atoms with Crippen LogP contribution < -0.4 is 10.2 Å². The second-order valence-corrected chi connectivity index (χ2v) is 6.83. The normalized spacial score (nSPS) is 16.0. The van der Waals surface area contributed by atoms with Gasteiger partial charge in [-0.3, -0.25) is 4.79 Å². The highest BCUT2D eigenvalue weighted by molar-refractivity contribution is 6.11. The molecule has 0 bridgehead atoms. The van der Waals surface area contributed by atoms with E-state index in [1.54, 1.807) is 0 Å². The van der Waals surface area contributed by atoms with E-state index in [0.717, 1.165) is 30.4 Å². The third-order valence-electron chi connectivity index (χ3n) is 5.08. The first kappa shape index (κ1) is 17.3. The van der Waals surface area contributed by atoms with Crippen molar-refractivity contribution < 1.29 is 19.2 Å². The van der Waals surface area contributed by atoms with Gasteiger partial charge in [0.05, 0.1) is 19.3 Å². The predicted octanol–water partition coefficient (Wildman–Crippen LogP) is 1.53. The van der Waals surface area contributed by atoms with Crippen molar-refractivity contribution in [1.29, 1.82) is 0 Å². The molecule has 138 valence electrons. The number of benzene rings is 2. The molecule has 0 fully saturated rings. The van der Waals surface area contributed by atoms with E-state index in [2.05, 4.69) is 28.5 Å². The van der Waals surface area contributed by atoms with E-state index >= 15 is 0 Å². The highest BCUT2D eigenvalue weighted by atomic mass is 16.5. The number of hydrogen-bond acceptors (Lipinski definition) is 3. The summed E-state index contributed by atoms with van der Waals surface area (Å²) in [7, 11) is 1.33. The average molecular weight is 364 g/mol. The molecule has 0 aliphatic carbocycles. The Morgan fingerprint density at radius 1 is 1.11 bits per heavy atom. The molecule has 0 saturated carbocycles. The first-order valence-corrected chi connectivity index (χ1v) is 9.05. The molecule has 6 heteroatoms. The first-order valence-electron chi connectivity index (χ1n) is 9.05. The second-order valence-electron chi connectivity index (χ2n) is 6.83. The van der Waals surface area contributed by atoms with Crippen LogP contribution in [-0.2, 0) is 22.5 Å². The van der Waals surface area contributed by atoms with Gasteiger partial charge in [0.15, 0.2) is 6.54 Å². The fourth-order valence-electron chi connectivity index (χ4n) is 3.73. The zero-order valence-electron chi connectivity index (χ0n) is 15.2. The van der Waals surface area contributed by atoms with Crippen molar-refractivity contribution in [3.63, 3.8) is 0 Å². The molecule has 2 aromatic carbocycles. The topological polar surface area (TPSA) is 75.6 Å². The van der Waals surface area contributed by atoms with E-state index in [1.807, 2.05) is 30.3 Å². The summed E-state index contributed by atoms with van der Waals surface area (Å²) in [4.78, 5) is 29.1. The molecular weight excluding hydrogens is 342 g/mol. The molecule has 1 aromatic heterocycles. The van der Waals surface area contributed by atoms with Gasteiger partial charge in [0.25, 0.3) is 5.91 Å². The molecule has 4 rings (SSSR count). The number of rotatable bonds is 4. The lowest BCUT2D eigenvalue weighted by molar-refractivity contribution is -0.907. The molecule has 6 nitrogen and oxygen atoms in total. The molecule has 3 aromatic rings. The largest absolute Gasteiger partial charge is 0.464 e. The summed E-state index contributed by atoms with van der Waals surface area (Å²) in [6.45, 7) is 2.11. The molecule has 1 aliphatic rings. The zero-order chi connectivity index (χ0) is 18.8. The number of carbonyl (C=O) groups is 2. The first-order chi connectivity index (χ1) is 13.2. The van der Waals surface area contributed by atoms with Crippen molar-refractivity contribution in [2.75, 3.05) is 25.5 Å². The lowest BCUT2D eigenvalue weighted by Crippen LogP contribution is -3.12. The Bertz CT molecular complexity index is 1010. The van der Waals surface area contributed by atoms with Gasteiger partial charge in [0, 0.05) is 22.9 Å². The summed E-state index contributed by atoms with van der Waals surface area (Å²) in [6, 6.07) is 15.9. The molecule has 27 heavy (non-hydrogen) atoms. The summed E-state index contributed by atoms with van der Waals surface area (Å²) in [5.74, 6) is -0.611. The van der Waals surface area contributed by atoms with E-state index in [4.69, 9.17) is 4.74 Å². The lowest BCUT2D eigenvalue weighted by Gasteiger charge is -2.25. The zero-order valence-corrected chi connectivity index (χ0v) is 15.2. The Hall–Kier alpha value is -3.12. The van der Waals surface area contributed by atoms with E-state index in [9.17, 15) is 9.59 Å². The van der Waals surface area contributed by atoms with Crippen LogP contribution >= 0.6 is 0 Å². The Balaban J connectivity index is 1.52. The number of carbonyl (C=O) groups excluding carboxylic acids is 2. The van der Waals surface area contributed by atoms with Crippen LogP contribution in [0.3, 0.4) is 0 Å². The number of anilines is 1. The van der Waals surface area contributed by atoms with E-state index in [0.29, 0.717) is 12.2 Å². The van der Waals surface area contributed by atoms with Crippen LogP contribution in [0.5, 0.6) is 0 Å². The van der Waals surface area contributed by atoms with Crippen LogP contribution in [0.25, 0.3) is 10.9 Å². The number of methoxy groups -OCH3 is 1. The van der Waals surface area contributed by atoms with Crippen molar-refractivity contribution in [2.45, 2.75) is 13.0 Å². The molecule has 1 amide bonds. The van der Waals surface area contributed by atoms with Crippen LogP contribution in [0.4, 0.5) is 5.69 Å². The van der Waals surface area contributed by atoms with Gasteiger partial charge in [-0.25, -0.2) is 4.79 Å². The van der Waals surface area contributed by atoms with Crippen molar-refractivity contribution in [1.82, 2.24) is 4.98 Å². The van der Waals surface area contributed by atoms with E-state index < -0.39 is 5.97 Å². The van der Waals surface area contributed by atoms with Gasteiger partial charge < -0.3 is 19.9 Å². The Kier molecular flexibility index (Phi) is 4.64. The summed E-state index contributed by atoms with van der Waals surface area (Å²) in [5.41, 5.74) is 4.21. The summed E-state index contributed by atoms with van der Waals surface area (Å²) >= 11 is 0. The van der Waals surface area contributed by atoms with Gasteiger partial charge in [-0.2, -0.15) is 0 Å². The highest BCUT2D eigenvalue weighted by Gasteiger charge is 2.24. The standard InChI is InChI=1S/C21H21N3O3/c1-27-21(26)20-19(16-8-4-5-9-17(16)22-20)23-18(25)13-24-11-10-14-6-2-3-7-15(14)12-24/h2-9,22H,10-13H2,1H3,(H,23,25)/p+1. The third-order valence-corrected chi connectivity index (χ3v) is 5.08. The molecule has 1 atom stereocenters. The summed E-state index contributed by atoms with van der Waals surface area (Å²) in [6.07, 6.45) is 0.972. The maximum absolute atomic E-state index is 12.7. The minimum atomic E-state index is -0.499. The molecule has 1 aliphatic heterocycles. The van der Waals surface area contributed by atoms with Gasteiger partial charge in [-0.15, -0.1) is 0 Å². The van der Waals surface area contributed by atoms with Crippen molar-refractivity contribution in [3.05, 3.63) is 65.4 Å². The minimum Gasteiger partial charge on any atom is -0.464 e. The molecule has 0 saturated heterocycles. The number of amides is 1. The highest BCUT2D eigenvalue weighted by Crippen LogP contribution is 2.28. The van der Waals surface area contributed by atoms with Gasteiger partial charge in [0.1, 0.15) is 12.2 Å². The van der Waals surface area contributed by atoms with Gasteiger partial charge in [-0.1, -0.05) is 42.5 Å². The number of quaternary nitrogens is 1. The summed E-state index contributed by atoms with van der Waals surface area (Å²) in [5, 5.41) is 3.72. The Morgan fingerprint density at radius 2 is 1.85 bits per heavy atom. The number of aromatic amines is 1. The van der Waals surface area contributed by atoms with Crippen LogP contribution in [0.1, 0.15) is 21.6 Å². The number of H-pyrrole nitrogens is 1. The predicted molar refractivity (Wildman–Crippen MR) is 103 cm³/mol. The van der Waals surface area contributed by atoms with E-state index in [-0.39, 0.29) is 11.6 Å². The van der Waals surface area contributed by atoms with Crippen molar-refractivity contribution >= 4 is 28.5 Å². The SMILES string of the molecule is COC(=O)c1[nH]c2ccccc2c1NC(=O)C[NH+]1CCc2ccccc2C1. The number of nitrogens with one attached hydrogen (secondary N) is 3. The Morgan fingerprint density at radius 3 is 2.67 bits per heavy atom. The number of ether oxygens (including phenoxy) is 1. The Labute approximate surface area is 157 Å². The fraction of sp³-hybridized carbons (Fsp3) is 0.238. The average Bonchev–Trinajstić information content (AvgIpc) is 3.05. The van der Waals surface area contributed by atoms with Crippen LogP contribution in [0, 0.1) is 0 Å². The van der Waals surface area contributed by atoms with Crippen LogP contribution in [-0.4, -0.2) is 37.1 Å². The van der Waals surface area contributed by atoms with Crippen LogP contribution in [0.2, 0.25) is 0 Å². The molecule has 0 spiro atoms. The van der Waals surface area contributed by atoms with Gasteiger partial charge in [-0.05, 0) is 11.6 Å². The monoisotopic (exact) mass is 364 g/mol. The number of aromatic nitrogens is 1.